The van der Waals surface area contributed by atoms with Crippen molar-refractivity contribution in [2.24, 2.45) is 0 Å². The summed E-state index contributed by atoms with van der Waals surface area (Å²) in [4.78, 5) is 2.01. The molecule has 0 amide bonds. The summed E-state index contributed by atoms with van der Waals surface area (Å²) in [6.07, 6.45) is -2.73. The summed E-state index contributed by atoms with van der Waals surface area (Å²) in [6, 6.07) is 5.81. The molecule has 1 saturated heterocycles. The van der Waals surface area contributed by atoms with Crippen LogP contribution < -0.4 is 10.2 Å². The molecule has 1 heterocycles. The van der Waals surface area contributed by atoms with Gasteiger partial charge in [-0.2, -0.15) is 18.4 Å². The van der Waals surface area contributed by atoms with Crippen molar-refractivity contribution < 1.29 is 13.2 Å². The molecule has 1 aliphatic rings. The molecule has 1 atom stereocenters. The number of nitrogens with one attached hydrogen (secondary N) is 1. The Morgan fingerprint density at radius 1 is 1.43 bits per heavy atom. The molecule has 1 unspecified atom stereocenters. The molecule has 2 rings (SSSR count). The molecular weight excluding hydrogens is 279 g/mol. The van der Waals surface area contributed by atoms with E-state index < -0.39 is 11.7 Å². The molecule has 1 N–H and O–H groups in total. The highest BCUT2D eigenvalue weighted by molar-refractivity contribution is 5.55. The third kappa shape index (κ3) is 3.48. The minimum Gasteiger partial charge on any atom is -0.367 e. The molecule has 114 valence electrons. The Morgan fingerprint density at radius 3 is 2.71 bits per heavy atom. The molecule has 1 fully saturated rings. The molecule has 21 heavy (non-hydrogen) atoms. The van der Waals surface area contributed by atoms with Crippen molar-refractivity contribution in [3.8, 4) is 6.07 Å². The molecule has 0 spiro atoms. The lowest BCUT2D eigenvalue weighted by atomic mass is 10.0. The Hall–Kier alpha value is -1.74. The lowest BCUT2D eigenvalue weighted by Crippen LogP contribution is -2.37. The molecule has 0 radical (unpaired) electrons. The number of nitriles is 1. The van der Waals surface area contributed by atoms with E-state index in [2.05, 4.69) is 5.32 Å². The molecule has 0 bridgehead atoms. The maximum absolute atomic E-state index is 13.1. The molecule has 6 heteroatoms. The van der Waals surface area contributed by atoms with Gasteiger partial charge in [0.05, 0.1) is 17.2 Å². The van der Waals surface area contributed by atoms with Gasteiger partial charge in [0.25, 0.3) is 0 Å². The van der Waals surface area contributed by atoms with Crippen LogP contribution in [0.25, 0.3) is 0 Å². The van der Waals surface area contributed by atoms with Crippen LogP contribution in [0.5, 0.6) is 0 Å². The van der Waals surface area contributed by atoms with E-state index >= 15 is 0 Å². The fourth-order valence-corrected chi connectivity index (χ4v) is 2.71. The number of benzene rings is 1. The molecule has 1 aromatic rings. The monoisotopic (exact) mass is 297 g/mol. The first-order valence-corrected chi connectivity index (χ1v) is 7.06. The Bertz CT molecular complexity index is 528. The van der Waals surface area contributed by atoms with E-state index in [4.69, 9.17) is 5.26 Å². The zero-order chi connectivity index (χ0) is 15.5. The molecule has 0 aliphatic carbocycles. The quantitative estimate of drug-likeness (QED) is 0.928. The van der Waals surface area contributed by atoms with Gasteiger partial charge in [-0.3, -0.25) is 0 Å². The number of nitrogens with zero attached hydrogens (tertiary/aromatic N) is 2. The molecule has 3 nitrogen and oxygen atoms in total. The fraction of sp³-hybridized carbons (Fsp3) is 0.533. The Morgan fingerprint density at radius 2 is 2.19 bits per heavy atom. The molecule has 1 aliphatic heterocycles. The van der Waals surface area contributed by atoms with Crippen LogP contribution in [0.15, 0.2) is 18.2 Å². The normalized spacial score (nSPS) is 18.5. The van der Waals surface area contributed by atoms with Crippen LogP contribution in [0, 0.1) is 11.3 Å². The maximum Gasteiger partial charge on any atom is 0.417 e. The summed E-state index contributed by atoms with van der Waals surface area (Å²) in [5.41, 5.74) is -0.640. The second-order valence-electron chi connectivity index (χ2n) is 5.18. The number of halogens is 3. The molecule has 0 aromatic heterocycles. The summed E-state index contributed by atoms with van der Waals surface area (Å²) in [5.74, 6) is 0. The Balaban J connectivity index is 2.39. The minimum absolute atomic E-state index is 0.207. The van der Waals surface area contributed by atoms with E-state index in [9.17, 15) is 13.2 Å². The third-order valence-corrected chi connectivity index (χ3v) is 3.70. The van der Waals surface area contributed by atoms with Gasteiger partial charge in [0.1, 0.15) is 0 Å². The predicted molar refractivity (Wildman–Crippen MR) is 75.1 cm³/mol. The number of rotatable bonds is 4. The second kappa shape index (κ2) is 6.35. The lowest BCUT2D eigenvalue weighted by Gasteiger charge is -2.31. The van der Waals surface area contributed by atoms with Gasteiger partial charge in [0.2, 0.25) is 0 Å². The molecule has 1 aromatic carbocycles. The van der Waals surface area contributed by atoms with E-state index in [0.29, 0.717) is 12.2 Å². The van der Waals surface area contributed by atoms with E-state index in [1.807, 2.05) is 11.8 Å². The number of hydrogen-bond donors (Lipinski definition) is 1. The van der Waals surface area contributed by atoms with Gasteiger partial charge in [-0.1, -0.05) is 6.92 Å². The van der Waals surface area contributed by atoms with Crippen LogP contribution in [-0.2, 0) is 6.18 Å². The summed E-state index contributed by atoms with van der Waals surface area (Å²) in [5, 5.41) is 12.1. The first kappa shape index (κ1) is 15.6. The van der Waals surface area contributed by atoms with Crippen molar-refractivity contribution in [3.63, 3.8) is 0 Å². The second-order valence-corrected chi connectivity index (χ2v) is 5.18. The van der Waals surface area contributed by atoms with Crippen LogP contribution in [0.1, 0.15) is 30.9 Å². The van der Waals surface area contributed by atoms with Gasteiger partial charge < -0.3 is 10.2 Å². The maximum atomic E-state index is 13.1. The van der Waals surface area contributed by atoms with Gasteiger partial charge >= 0.3 is 6.18 Å². The van der Waals surface area contributed by atoms with Gasteiger partial charge in [-0.15, -0.1) is 0 Å². The highest BCUT2D eigenvalue weighted by atomic mass is 19.4. The van der Waals surface area contributed by atoms with Crippen molar-refractivity contribution >= 4 is 5.69 Å². The summed E-state index contributed by atoms with van der Waals surface area (Å²) < 4.78 is 39.2. The summed E-state index contributed by atoms with van der Waals surface area (Å²) in [7, 11) is 0. The van der Waals surface area contributed by atoms with Gasteiger partial charge in [0, 0.05) is 24.8 Å². The molecular formula is C15H18F3N3. The average molecular weight is 297 g/mol. The Kier molecular flexibility index (Phi) is 4.73. The van der Waals surface area contributed by atoms with Gasteiger partial charge in [-0.05, 0) is 37.6 Å². The third-order valence-electron chi connectivity index (χ3n) is 3.70. The smallest absolute Gasteiger partial charge is 0.367 e. The van der Waals surface area contributed by atoms with E-state index in [1.54, 1.807) is 12.1 Å². The van der Waals surface area contributed by atoms with Crippen molar-refractivity contribution in [2.45, 2.75) is 32.0 Å². The van der Waals surface area contributed by atoms with Crippen LogP contribution in [0.2, 0.25) is 0 Å². The first-order chi connectivity index (χ1) is 9.97. The van der Waals surface area contributed by atoms with Crippen molar-refractivity contribution in [2.75, 3.05) is 24.5 Å². The first-order valence-electron chi connectivity index (χ1n) is 7.06. The Labute approximate surface area is 122 Å². The van der Waals surface area contributed by atoms with Crippen LogP contribution in [0.4, 0.5) is 18.9 Å². The van der Waals surface area contributed by atoms with Crippen LogP contribution in [-0.4, -0.2) is 25.7 Å². The van der Waals surface area contributed by atoms with Crippen molar-refractivity contribution in [3.05, 3.63) is 29.3 Å². The van der Waals surface area contributed by atoms with E-state index in [1.165, 1.54) is 6.07 Å². The van der Waals surface area contributed by atoms with E-state index in [-0.39, 0.29) is 11.6 Å². The van der Waals surface area contributed by atoms with Gasteiger partial charge in [0.15, 0.2) is 0 Å². The summed E-state index contributed by atoms with van der Waals surface area (Å²) >= 11 is 0. The fourth-order valence-electron chi connectivity index (χ4n) is 2.71. The van der Waals surface area contributed by atoms with Crippen molar-refractivity contribution in [1.82, 2.24) is 5.32 Å². The standard InChI is InChI=1S/C15H18F3N3/c1-2-7-21(13-5-6-20-10-13)12-4-3-11(9-19)14(8-12)15(16,17)18/h3-4,8,13,20H,2,5-7,10H2,1H3. The van der Waals surface area contributed by atoms with Gasteiger partial charge in [-0.25, -0.2) is 0 Å². The lowest BCUT2D eigenvalue weighted by molar-refractivity contribution is -0.137. The number of hydrogen-bond acceptors (Lipinski definition) is 3. The minimum atomic E-state index is -4.51. The topological polar surface area (TPSA) is 39.1 Å². The number of alkyl halides is 3. The zero-order valence-corrected chi connectivity index (χ0v) is 11.9. The highest BCUT2D eigenvalue weighted by Crippen LogP contribution is 2.35. The highest BCUT2D eigenvalue weighted by Gasteiger charge is 2.34. The number of anilines is 1. The molecule has 0 saturated carbocycles. The SMILES string of the molecule is CCCN(c1ccc(C#N)c(C(F)(F)F)c1)C1CCNC1. The van der Waals surface area contributed by atoms with E-state index in [0.717, 1.165) is 32.0 Å². The van der Waals surface area contributed by atoms with Crippen LogP contribution >= 0.6 is 0 Å². The predicted octanol–water partition coefficient (Wildman–Crippen LogP) is 3.16. The average Bonchev–Trinajstić information content (AvgIpc) is 2.97. The largest absolute Gasteiger partial charge is 0.417 e. The zero-order valence-electron chi connectivity index (χ0n) is 11.9. The van der Waals surface area contributed by atoms with Crippen LogP contribution in [0.3, 0.4) is 0 Å². The summed E-state index contributed by atoms with van der Waals surface area (Å²) in [6.45, 7) is 4.37. The van der Waals surface area contributed by atoms with Crippen molar-refractivity contribution in [1.29, 1.82) is 5.26 Å².